The molecule has 5 nitrogen and oxygen atoms in total. The molecule has 1 fully saturated rings. The summed E-state index contributed by atoms with van der Waals surface area (Å²) >= 11 is 0. The first-order valence-corrected chi connectivity index (χ1v) is 9.01. The van der Waals surface area contributed by atoms with E-state index < -0.39 is 5.60 Å². The molecule has 2 amide bonds. The van der Waals surface area contributed by atoms with Crippen LogP contribution in [-0.2, 0) is 35.4 Å². The van der Waals surface area contributed by atoms with Crippen LogP contribution in [0.5, 0.6) is 0 Å². The van der Waals surface area contributed by atoms with Crippen LogP contribution in [0.15, 0.2) is 0 Å². The van der Waals surface area contributed by atoms with Gasteiger partial charge in [0.2, 0.25) is 0 Å². The molecule has 0 aromatic rings. The zero-order chi connectivity index (χ0) is 20.3. The minimum Gasteiger partial charge on any atom is -0.390 e. The van der Waals surface area contributed by atoms with Crippen molar-refractivity contribution in [2.24, 2.45) is 5.92 Å². The zero-order valence-corrected chi connectivity index (χ0v) is 20.8. The van der Waals surface area contributed by atoms with Crippen LogP contribution in [-0.4, -0.2) is 28.3 Å². The van der Waals surface area contributed by atoms with Crippen LogP contribution in [0.4, 0.5) is 0 Å². The normalized spacial score (nSPS) is 13.3. The number of imide groups is 1. The van der Waals surface area contributed by atoms with Gasteiger partial charge in [0.15, 0.2) is 5.91 Å². The molecule has 1 unspecified atom stereocenters. The second kappa shape index (κ2) is 23.3. The van der Waals surface area contributed by atoms with Crippen LogP contribution in [0, 0.1) is 12.3 Å². The number of amides is 2. The third kappa shape index (κ3) is 31.6. The van der Waals surface area contributed by atoms with Crippen molar-refractivity contribution < 1.29 is 40.6 Å². The molecule has 1 aliphatic heterocycles. The molecule has 0 aromatic heterocycles. The van der Waals surface area contributed by atoms with E-state index in [2.05, 4.69) is 5.32 Å². The molecule has 1 heterocycles. The number of nitrogens with one attached hydrogen (secondary N) is 1. The number of Topliss-reactive ketones (excluding diaryl/α,β-unsaturated/α-hetero) is 1. The molecular formula is C19H40NO4W-. The smallest absolute Gasteiger partial charge is 0.197 e. The standard InChI is InChI=1S/C9H18O2.C4H4NO2.3C2H6.W/c1-7(2)5-9(4,11)6-8(3)10;6-3-1-2-4(7)5-3;3*1-2;/h7,11H,5-6H2,1-4H3;1H,2H2,(H,5,6,7);3*1-2H3;/q;-1;;;;. The van der Waals surface area contributed by atoms with E-state index in [4.69, 9.17) is 0 Å². The fourth-order valence-electron chi connectivity index (χ4n) is 1.91. The van der Waals surface area contributed by atoms with Crippen LogP contribution in [0.2, 0.25) is 0 Å². The Labute approximate surface area is 170 Å². The van der Waals surface area contributed by atoms with Crippen molar-refractivity contribution in [2.75, 3.05) is 0 Å². The minimum absolute atomic E-state index is 0. The number of aliphatic hydroxyl groups is 1. The molecule has 1 saturated heterocycles. The van der Waals surface area contributed by atoms with E-state index in [-0.39, 0.29) is 51.5 Å². The van der Waals surface area contributed by atoms with Crippen LogP contribution in [0.3, 0.4) is 0 Å². The van der Waals surface area contributed by atoms with Crippen LogP contribution < -0.4 is 5.32 Å². The molecular weight excluding hydrogens is 490 g/mol. The molecule has 2 N–H and O–H groups in total. The Hall–Kier alpha value is -0.672. The number of rotatable bonds is 4. The first-order valence-electron chi connectivity index (χ1n) is 9.01. The van der Waals surface area contributed by atoms with E-state index in [1.54, 1.807) is 6.92 Å². The average Bonchev–Trinajstić information content (AvgIpc) is 2.86. The predicted molar refractivity (Wildman–Crippen MR) is 101 cm³/mol. The molecule has 1 atom stereocenters. The van der Waals surface area contributed by atoms with E-state index in [9.17, 15) is 19.5 Å². The Morgan fingerprint density at radius 3 is 1.72 bits per heavy atom. The molecule has 25 heavy (non-hydrogen) atoms. The van der Waals surface area contributed by atoms with Crippen LogP contribution >= 0.6 is 0 Å². The van der Waals surface area contributed by atoms with E-state index in [0.29, 0.717) is 12.3 Å². The van der Waals surface area contributed by atoms with Gasteiger partial charge in [-0.25, -0.2) is 0 Å². The largest absolute Gasteiger partial charge is 0.390 e. The number of hydrogen-bond acceptors (Lipinski definition) is 4. The first-order chi connectivity index (χ1) is 11.1. The van der Waals surface area contributed by atoms with Crippen molar-refractivity contribution in [3.05, 3.63) is 6.42 Å². The van der Waals surface area contributed by atoms with Crippen molar-refractivity contribution in [3.63, 3.8) is 0 Å². The SMILES string of the molecule is CC.CC.CC.CC(=O)CC(C)(O)CC(C)C.O=C1[CH-]CC(=O)N1.[W]. The molecule has 0 saturated carbocycles. The third-order valence-corrected chi connectivity index (χ3v) is 2.21. The summed E-state index contributed by atoms with van der Waals surface area (Å²) in [5, 5.41) is 11.7. The summed E-state index contributed by atoms with van der Waals surface area (Å²) in [4.78, 5) is 30.8. The average molecular weight is 530 g/mol. The van der Waals surface area contributed by atoms with Crippen molar-refractivity contribution in [3.8, 4) is 0 Å². The summed E-state index contributed by atoms with van der Waals surface area (Å²) in [5.41, 5.74) is -0.806. The first kappa shape index (κ1) is 35.4. The topological polar surface area (TPSA) is 83.5 Å². The van der Waals surface area contributed by atoms with E-state index >= 15 is 0 Å². The van der Waals surface area contributed by atoms with Gasteiger partial charge in [0, 0.05) is 27.5 Å². The summed E-state index contributed by atoms with van der Waals surface area (Å²) in [6.45, 7) is 19.3. The molecule has 0 radical (unpaired) electrons. The quantitative estimate of drug-likeness (QED) is 0.424. The van der Waals surface area contributed by atoms with Gasteiger partial charge in [-0.2, -0.15) is 0 Å². The Balaban J connectivity index is -0.0000000822. The van der Waals surface area contributed by atoms with Crippen LogP contribution in [0.25, 0.3) is 0 Å². The monoisotopic (exact) mass is 530 g/mol. The summed E-state index contributed by atoms with van der Waals surface area (Å²) in [5.74, 6) is 0.00926. The van der Waals surface area contributed by atoms with E-state index in [1.165, 1.54) is 13.3 Å². The Morgan fingerprint density at radius 2 is 1.56 bits per heavy atom. The molecule has 1 aliphatic rings. The molecule has 0 spiro atoms. The Morgan fingerprint density at radius 1 is 1.16 bits per heavy atom. The Kier molecular flexibility index (Phi) is 33.1. The maximum Gasteiger partial charge on any atom is 0.197 e. The molecule has 0 bridgehead atoms. The summed E-state index contributed by atoms with van der Waals surface area (Å²) in [7, 11) is 0. The fraction of sp³-hybridized carbons (Fsp3) is 0.789. The van der Waals surface area contributed by atoms with Crippen molar-refractivity contribution in [1.82, 2.24) is 5.32 Å². The van der Waals surface area contributed by atoms with Gasteiger partial charge in [0.05, 0.1) is 11.5 Å². The molecule has 0 aliphatic carbocycles. The van der Waals surface area contributed by atoms with Gasteiger partial charge in [-0.3, -0.25) is 16.0 Å². The predicted octanol–water partition coefficient (Wildman–Crippen LogP) is 4.08. The van der Waals surface area contributed by atoms with Gasteiger partial charge < -0.3 is 15.2 Å². The maximum absolute atomic E-state index is 10.7. The van der Waals surface area contributed by atoms with Gasteiger partial charge in [-0.1, -0.05) is 61.8 Å². The minimum atomic E-state index is -0.806. The summed E-state index contributed by atoms with van der Waals surface area (Å²) < 4.78 is 0. The molecule has 152 valence electrons. The number of ketones is 1. The number of carbonyl (C=O) groups is 3. The van der Waals surface area contributed by atoms with Gasteiger partial charge in [0.25, 0.3) is 0 Å². The van der Waals surface area contributed by atoms with Gasteiger partial charge in [0.1, 0.15) is 5.78 Å². The van der Waals surface area contributed by atoms with Crippen molar-refractivity contribution >= 4 is 17.6 Å². The maximum atomic E-state index is 10.7. The Bertz CT molecular complexity index is 315. The van der Waals surface area contributed by atoms with Crippen LogP contribution in [0.1, 0.15) is 88.5 Å². The van der Waals surface area contributed by atoms with E-state index in [0.717, 1.165) is 0 Å². The third-order valence-electron chi connectivity index (χ3n) is 2.21. The molecule has 0 aromatic carbocycles. The number of carbonyl (C=O) groups excluding carboxylic acids is 3. The van der Waals surface area contributed by atoms with Crippen molar-refractivity contribution in [1.29, 1.82) is 0 Å². The van der Waals surface area contributed by atoms with Gasteiger partial charge >= 0.3 is 0 Å². The zero-order valence-electron chi connectivity index (χ0n) is 17.9. The molecule has 6 heteroatoms. The molecule has 1 rings (SSSR count). The second-order valence-electron chi connectivity index (χ2n) is 5.29. The van der Waals surface area contributed by atoms with Gasteiger partial charge in [-0.05, 0) is 26.2 Å². The fourth-order valence-corrected chi connectivity index (χ4v) is 1.91. The number of hydrogen-bond donors (Lipinski definition) is 2. The van der Waals surface area contributed by atoms with E-state index in [1.807, 2.05) is 55.4 Å². The summed E-state index contributed by atoms with van der Waals surface area (Å²) in [6.07, 6.45) is 2.53. The van der Waals surface area contributed by atoms with Gasteiger partial charge in [-0.15, -0.1) is 0 Å². The van der Waals surface area contributed by atoms with Crippen molar-refractivity contribution in [2.45, 2.75) is 94.1 Å². The summed E-state index contributed by atoms with van der Waals surface area (Å²) in [6, 6.07) is 0. The second-order valence-corrected chi connectivity index (χ2v) is 5.29.